The zero-order valence-electron chi connectivity index (χ0n) is 10.4. The number of nitrogens with one attached hydrogen (secondary N) is 1. The molecule has 1 aromatic heterocycles. The predicted octanol–water partition coefficient (Wildman–Crippen LogP) is 3.11. The molecule has 0 fully saturated rings. The Hall–Kier alpha value is -1.74. The summed E-state index contributed by atoms with van der Waals surface area (Å²) in [4.78, 5) is 4.11. The molecule has 1 heterocycles. The van der Waals surface area contributed by atoms with Crippen molar-refractivity contribution in [3.05, 3.63) is 65.7 Å². The standard InChI is InChI=1S/C15H17FN2/c1-2-17-14(12-7-4-3-5-8-12)11-15-13(16)9-6-10-18-15/h3-10,14,17H,2,11H2,1H3. The van der Waals surface area contributed by atoms with Crippen molar-refractivity contribution in [1.29, 1.82) is 0 Å². The number of aromatic nitrogens is 1. The minimum Gasteiger partial charge on any atom is -0.310 e. The highest BCUT2D eigenvalue weighted by molar-refractivity contribution is 5.21. The summed E-state index contributed by atoms with van der Waals surface area (Å²) in [7, 11) is 0. The summed E-state index contributed by atoms with van der Waals surface area (Å²) in [6.07, 6.45) is 2.19. The highest BCUT2D eigenvalue weighted by Crippen LogP contribution is 2.18. The van der Waals surface area contributed by atoms with Gasteiger partial charge in [0.1, 0.15) is 5.82 Å². The van der Waals surface area contributed by atoms with Crippen molar-refractivity contribution in [2.75, 3.05) is 6.54 Å². The Bertz CT molecular complexity index is 485. The Labute approximate surface area is 107 Å². The van der Waals surface area contributed by atoms with Crippen LogP contribution >= 0.6 is 0 Å². The van der Waals surface area contributed by atoms with Crippen molar-refractivity contribution in [1.82, 2.24) is 10.3 Å². The van der Waals surface area contributed by atoms with Crippen LogP contribution in [-0.2, 0) is 6.42 Å². The summed E-state index contributed by atoms with van der Waals surface area (Å²) >= 11 is 0. The maximum atomic E-state index is 13.6. The molecule has 1 aromatic carbocycles. The Balaban J connectivity index is 2.19. The van der Waals surface area contributed by atoms with Crippen LogP contribution in [0.2, 0.25) is 0 Å². The molecule has 0 saturated heterocycles. The first-order valence-corrected chi connectivity index (χ1v) is 6.19. The summed E-state index contributed by atoms with van der Waals surface area (Å²) in [6, 6.07) is 13.2. The number of pyridine rings is 1. The molecule has 2 nitrogen and oxygen atoms in total. The minimum absolute atomic E-state index is 0.0978. The van der Waals surface area contributed by atoms with Crippen LogP contribution in [0, 0.1) is 5.82 Å². The number of hydrogen-bond acceptors (Lipinski definition) is 2. The number of halogens is 1. The fraction of sp³-hybridized carbons (Fsp3) is 0.267. The zero-order chi connectivity index (χ0) is 12.8. The highest BCUT2D eigenvalue weighted by Gasteiger charge is 2.13. The van der Waals surface area contributed by atoms with Crippen LogP contribution in [0.1, 0.15) is 24.2 Å². The lowest BCUT2D eigenvalue weighted by Crippen LogP contribution is -2.23. The molecule has 0 saturated carbocycles. The third-order valence-electron chi connectivity index (χ3n) is 2.88. The van der Waals surface area contributed by atoms with Crippen LogP contribution in [0.4, 0.5) is 4.39 Å². The molecule has 1 unspecified atom stereocenters. The van der Waals surface area contributed by atoms with E-state index in [1.807, 2.05) is 37.3 Å². The Morgan fingerprint density at radius 2 is 1.94 bits per heavy atom. The van der Waals surface area contributed by atoms with Crippen LogP contribution in [0.5, 0.6) is 0 Å². The Morgan fingerprint density at radius 1 is 1.17 bits per heavy atom. The van der Waals surface area contributed by atoms with Crippen molar-refractivity contribution in [2.45, 2.75) is 19.4 Å². The van der Waals surface area contributed by atoms with E-state index in [1.54, 1.807) is 12.3 Å². The number of nitrogens with zero attached hydrogens (tertiary/aromatic N) is 1. The molecule has 18 heavy (non-hydrogen) atoms. The molecule has 2 aromatic rings. The largest absolute Gasteiger partial charge is 0.310 e. The Kier molecular flexibility index (Phi) is 4.42. The van der Waals surface area contributed by atoms with Gasteiger partial charge in [-0.3, -0.25) is 4.98 Å². The average Bonchev–Trinajstić information content (AvgIpc) is 2.42. The van der Waals surface area contributed by atoms with E-state index in [-0.39, 0.29) is 11.9 Å². The number of hydrogen-bond donors (Lipinski definition) is 1. The van der Waals surface area contributed by atoms with Gasteiger partial charge < -0.3 is 5.32 Å². The van der Waals surface area contributed by atoms with E-state index in [9.17, 15) is 4.39 Å². The molecule has 0 radical (unpaired) electrons. The lowest BCUT2D eigenvalue weighted by Gasteiger charge is -2.18. The maximum absolute atomic E-state index is 13.6. The lowest BCUT2D eigenvalue weighted by molar-refractivity contribution is 0.518. The summed E-state index contributed by atoms with van der Waals surface area (Å²) in [5.41, 5.74) is 1.66. The summed E-state index contributed by atoms with van der Waals surface area (Å²) < 4.78 is 13.6. The van der Waals surface area contributed by atoms with Gasteiger partial charge in [0.05, 0.1) is 5.69 Å². The first-order valence-electron chi connectivity index (χ1n) is 6.19. The first-order chi connectivity index (χ1) is 8.81. The number of rotatable bonds is 5. The quantitative estimate of drug-likeness (QED) is 0.874. The second kappa shape index (κ2) is 6.26. The molecule has 2 rings (SSSR count). The van der Waals surface area contributed by atoms with Crippen LogP contribution in [0.15, 0.2) is 48.7 Å². The van der Waals surface area contributed by atoms with Crippen molar-refractivity contribution in [3.63, 3.8) is 0 Å². The molecule has 0 aliphatic rings. The first kappa shape index (κ1) is 12.7. The second-order valence-electron chi connectivity index (χ2n) is 4.16. The van der Waals surface area contributed by atoms with Crippen LogP contribution in [-0.4, -0.2) is 11.5 Å². The van der Waals surface area contributed by atoms with Crippen molar-refractivity contribution < 1.29 is 4.39 Å². The smallest absolute Gasteiger partial charge is 0.144 e. The van der Waals surface area contributed by atoms with Crippen molar-refractivity contribution in [3.8, 4) is 0 Å². The van der Waals surface area contributed by atoms with Gasteiger partial charge in [-0.05, 0) is 24.2 Å². The third-order valence-corrected chi connectivity index (χ3v) is 2.88. The maximum Gasteiger partial charge on any atom is 0.144 e. The highest BCUT2D eigenvalue weighted by atomic mass is 19.1. The molecule has 1 atom stereocenters. The van der Waals surface area contributed by atoms with Gasteiger partial charge in [-0.15, -0.1) is 0 Å². The molecule has 0 aliphatic heterocycles. The van der Waals surface area contributed by atoms with Gasteiger partial charge in [0.15, 0.2) is 0 Å². The van der Waals surface area contributed by atoms with Gasteiger partial charge in [-0.2, -0.15) is 0 Å². The average molecular weight is 244 g/mol. The van der Waals surface area contributed by atoms with Crippen molar-refractivity contribution >= 4 is 0 Å². The fourth-order valence-corrected chi connectivity index (χ4v) is 2.00. The van der Waals surface area contributed by atoms with E-state index in [2.05, 4.69) is 10.3 Å². The van der Waals surface area contributed by atoms with Gasteiger partial charge in [0, 0.05) is 18.7 Å². The Morgan fingerprint density at radius 3 is 2.61 bits per heavy atom. The molecule has 94 valence electrons. The summed E-state index contributed by atoms with van der Waals surface area (Å²) in [5, 5.41) is 3.37. The van der Waals surface area contributed by atoms with Crippen LogP contribution in [0.25, 0.3) is 0 Å². The second-order valence-corrected chi connectivity index (χ2v) is 4.16. The molecule has 0 amide bonds. The molecule has 0 aliphatic carbocycles. The van der Waals surface area contributed by atoms with Crippen LogP contribution < -0.4 is 5.32 Å². The van der Waals surface area contributed by atoms with E-state index in [4.69, 9.17) is 0 Å². The summed E-state index contributed by atoms with van der Waals surface area (Å²) in [5.74, 6) is -0.240. The molecule has 0 bridgehead atoms. The van der Waals surface area contributed by atoms with Gasteiger partial charge >= 0.3 is 0 Å². The molecule has 3 heteroatoms. The zero-order valence-corrected chi connectivity index (χ0v) is 10.4. The van der Waals surface area contributed by atoms with E-state index < -0.39 is 0 Å². The topological polar surface area (TPSA) is 24.9 Å². The SMILES string of the molecule is CCNC(Cc1ncccc1F)c1ccccc1. The number of benzene rings is 1. The molecule has 1 N–H and O–H groups in total. The van der Waals surface area contributed by atoms with E-state index >= 15 is 0 Å². The van der Waals surface area contributed by atoms with Gasteiger partial charge in [0.25, 0.3) is 0 Å². The predicted molar refractivity (Wildman–Crippen MR) is 70.8 cm³/mol. The molecular formula is C15H17FN2. The minimum atomic E-state index is -0.240. The monoisotopic (exact) mass is 244 g/mol. The van der Waals surface area contributed by atoms with Crippen LogP contribution in [0.3, 0.4) is 0 Å². The number of likely N-dealkylation sites (N-methyl/N-ethyl adjacent to an activating group) is 1. The van der Waals surface area contributed by atoms with Gasteiger partial charge in [-0.1, -0.05) is 37.3 Å². The lowest BCUT2D eigenvalue weighted by atomic mass is 10.0. The van der Waals surface area contributed by atoms with E-state index in [0.29, 0.717) is 12.1 Å². The molecular weight excluding hydrogens is 227 g/mol. The third kappa shape index (κ3) is 3.14. The van der Waals surface area contributed by atoms with Gasteiger partial charge in [0.2, 0.25) is 0 Å². The van der Waals surface area contributed by atoms with E-state index in [1.165, 1.54) is 6.07 Å². The normalized spacial score (nSPS) is 12.3. The molecule has 0 spiro atoms. The fourth-order valence-electron chi connectivity index (χ4n) is 2.00. The van der Waals surface area contributed by atoms with Crippen molar-refractivity contribution in [2.24, 2.45) is 0 Å². The van der Waals surface area contributed by atoms with Gasteiger partial charge in [-0.25, -0.2) is 4.39 Å². The summed E-state index contributed by atoms with van der Waals surface area (Å²) in [6.45, 7) is 2.89. The van der Waals surface area contributed by atoms with E-state index in [0.717, 1.165) is 12.1 Å².